The normalized spacial score (nSPS) is 10.6. The Morgan fingerprint density at radius 2 is 2.05 bits per heavy atom. The average molecular weight is 296 g/mol. The predicted octanol–water partition coefficient (Wildman–Crippen LogP) is 2.79. The lowest BCUT2D eigenvalue weighted by Crippen LogP contribution is -2.13. The Morgan fingerprint density at radius 1 is 1.27 bits per heavy atom. The summed E-state index contributed by atoms with van der Waals surface area (Å²) in [4.78, 5) is 12.2. The highest BCUT2D eigenvalue weighted by Crippen LogP contribution is 2.15. The van der Waals surface area contributed by atoms with Gasteiger partial charge in [0.1, 0.15) is 11.3 Å². The molecule has 2 heterocycles. The molecule has 1 N–H and O–H groups in total. The Bertz CT molecular complexity index is 770. The van der Waals surface area contributed by atoms with Crippen LogP contribution in [0.4, 0.5) is 5.69 Å². The van der Waals surface area contributed by atoms with E-state index >= 15 is 0 Å². The second kappa shape index (κ2) is 5.85. The number of amides is 1. The molecule has 6 heteroatoms. The van der Waals surface area contributed by atoms with Crippen molar-refractivity contribution >= 4 is 11.6 Å². The van der Waals surface area contributed by atoms with Gasteiger partial charge in [-0.1, -0.05) is 35.5 Å². The first-order valence-corrected chi connectivity index (χ1v) is 6.94. The van der Waals surface area contributed by atoms with Crippen molar-refractivity contribution in [2.24, 2.45) is 0 Å². The van der Waals surface area contributed by atoms with Gasteiger partial charge in [0.2, 0.25) is 0 Å². The molecule has 0 unspecified atom stereocenters. The van der Waals surface area contributed by atoms with Gasteiger partial charge in [0.25, 0.3) is 5.91 Å². The molecule has 0 atom stereocenters. The van der Waals surface area contributed by atoms with E-state index in [2.05, 4.69) is 15.6 Å². The fourth-order valence-corrected chi connectivity index (χ4v) is 2.29. The van der Waals surface area contributed by atoms with Gasteiger partial charge in [0, 0.05) is 6.20 Å². The van der Waals surface area contributed by atoms with Crippen LogP contribution in [0.15, 0.2) is 47.2 Å². The fraction of sp³-hybridized carbons (Fsp3) is 0.188. The number of anilines is 1. The molecule has 1 amide bonds. The monoisotopic (exact) mass is 296 g/mol. The van der Waals surface area contributed by atoms with Crippen molar-refractivity contribution in [2.75, 3.05) is 5.32 Å². The maximum atomic E-state index is 12.2. The van der Waals surface area contributed by atoms with Crippen molar-refractivity contribution in [3.05, 3.63) is 65.3 Å². The second-order valence-corrected chi connectivity index (χ2v) is 5.07. The zero-order chi connectivity index (χ0) is 15.5. The van der Waals surface area contributed by atoms with Crippen LogP contribution >= 0.6 is 0 Å². The molecule has 0 radical (unpaired) electrons. The molecule has 0 fully saturated rings. The van der Waals surface area contributed by atoms with Crippen LogP contribution in [0.5, 0.6) is 0 Å². The third-order valence-electron chi connectivity index (χ3n) is 3.34. The maximum Gasteiger partial charge on any atom is 0.261 e. The summed E-state index contributed by atoms with van der Waals surface area (Å²) < 4.78 is 6.78. The van der Waals surface area contributed by atoms with Crippen molar-refractivity contribution in [3.8, 4) is 0 Å². The standard InChI is InChI=1S/C16H16N4O2/c1-11-15(12(2)22-19-11)16(21)18-14-8-17-20(10-14)9-13-6-4-3-5-7-13/h3-8,10H,9H2,1-2H3,(H,18,21). The zero-order valence-electron chi connectivity index (χ0n) is 12.4. The summed E-state index contributed by atoms with van der Waals surface area (Å²) in [5.74, 6) is 0.266. The number of aryl methyl sites for hydroxylation is 2. The molecule has 6 nitrogen and oxygen atoms in total. The number of benzene rings is 1. The number of nitrogens with one attached hydrogen (secondary N) is 1. The van der Waals surface area contributed by atoms with Gasteiger partial charge in [-0.05, 0) is 19.4 Å². The van der Waals surface area contributed by atoms with E-state index in [1.807, 2.05) is 30.3 Å². The Balaban J connectivity index is 1.71. The molecule has 0 aliphatic heterocycles. The summed E-state index contributed by atoms with van der Waals surface area (Å²) in [6, 6.07) is 10.0. The van der Waals surface area contributed by atoms with E-state index in [0.717, 1.165) is 5.56 Å². The molecule has 0 saturated heterocycles. The smallest absolute Gasteiger partial charge is 0.261 e. The molecule has 0 aliphatic carbocycles. The number of hydrogen-bond acceptors (Lipinski definition) is 4. The highest BCUT2D eigenvalue weighted by Gasteiger charge is 2.17. The lowest BCUT2D eigenvalue weighted by molar-refractivity contribution is 0.102. The van der Waals surface area contributed by atoms with Gasteiger partial charge in [-0.25, -0.2) is 0 Å². The molecule has 22 heavy (non-hydrogen) atoms. The van der Waals surface area contributed by atoms with E-state index in [0.29, 0.717) is 29.2 Å². The third-order valence-corrected chi connectivity index (χ3v) is 3.34. The van der Waals surface area contributed by atoms with Crippen LogP contribution in [0.2, 0.25) is 0 Å². The minimum absolute atomic E-state index is 0.240. The average Bonchev–Trinajstić information content (AvgIpc) is 3.07. The summed E-state index contributed by atoms with van der Waals surface area (Å²) >= 11 is 0. The predicted molar refractivity (Wildman–Crippen MR) is 81.7 cm³/mol. The van der Waals surface area contributed by atoms with Gasteiger partial charge in [-0.3, -0.25) is 9.48 Å². The number of aromatic nitrogens is 3. The van der Waals surface area contributed by atoms with E-state index < -0.39 is 0 Å². The van der Waals surface area contributed by atoms with E-state index in [1.54, 1.807) is 30.9 Å². The third kappa shape index (κ3) is 2.90. The minimum atomic E-state index is -0.240. The summed E-state index contributed by atoms with van der Waals surface area (Å²) in [6.07, 6.45) is 3.42. The van der Waals surface area contributed by atoms with Crippen LogP contribution in [-0.2, 0) is 6.54 Å². The molecule has 1 aromatic carbocycles. The van der Waals surface area contributed by atoms with Crippen molar-refractivity contribution in [1.29, 1.82) is 0 Å². The first kappa shape index (κ1) is 14.1. The summed E-state index contributed by atoms with van der Waals surface area (Å²) in [5.41, 5.74) is 2.83. The Morgan fingerprint density at radius 3 is 2.73 bits per heavy atom. The van der Waals surface area contributed by atoms with Gasteiger partial charge < -0.3 is 9.84 Å². The quantitative estimate of drug-likeness (QED) is 0.803. The Kier molecular flexibility index (Phi) is 3.74. The van der Waals surface area contributed by atoms with Crippen LogP contribution in [-0.4, -0.2) is 20.8 Å². The largest absolute Gasteiger partial charge is 0.361 e. The summed E-state index contributed by atoms with van der Waals surface area (Å²) in [7, 11) is 0. The van der Waals surface area contributed by atoms with Gasteiger partial charge in [0.05, 0.1) is 24.1 Å². The highest BCUT2D eigenvalue weighted by atomic mass is 16.5. The molecular weight excluding hydrogens is 280 g/mol. The van der Waals surface area contributed by atoms with Gasteiger partial charge in [-0.2, -0.15) is 5.10 Å². The summed E-state index contributed by atoms with van der Waals surface area (Å²) in [6.45, 7) is 4.11. The molecule has 3 rings (SSSR count). The lowest BCUT2D eigenvalue weighted by atomic mass is 10.2. The van der Waals surface area contributed by atoms with Crippen LogP contribution in [0, 0.1) is 13.8 Å². The highest BCUT2D eigenvalue weighted by molar-refractivity contribution is 6.05. The molecule has 2 aromatic heterocycles. The number of hydrogen-bond donors (Lipinski definition) is 1. The fourth-order valence-electron chi connectivity index (χ4n) is 2.29. The number of carbonyl (C=O) groups excluding carboxylic acids is 1. The van der Waals surface area contributed by atoms with Crippen LogP contribution in [0.3, 0.4) is 0 Å². The Labute approximate surface area is 127 Å². The van der Waals surface area contributed by atoms with Crippen molar-refractivity contribution < 1.29 is 9.32 Å². The molecule has 3 aromatic rings. The number of nitrogens with zero attached hydrogens (tertiary/aromatic N) is 3. The molecule has 0 saturated carbocycles. The van der Waals surface area contributed by atoms with E-state index in [1.165, 1.54) is 0 Å². The van der Waals surface area contributed by atoms with E-state index in [-0.39, 0.29) is 5.91 Å². The number of carbonyl (C=O) groups is 1. The van der Waals surface area contributed by atoms with Crippen LogP contribution in [0.1, 0.15) is 27.4 Å². The summed E-state index contributed by atoms with van der Waals surface area (Å²) in [5, 5.41) is 10.8. The lowest BCUT2D eigenvalue weighted by Gasteiger charge is -2.02. The van der Waals surface area contributed by atoms with Gasteiger partial charge in [-0.15, -0.1) is 0 Å². The second-order valence-electron chi connectivity index (χ2n) is 5.07. The van der Waals surface area contributed by atoms with Gasteiger partial charge in [0.15, 0.2) is 0 Å². The molecule has 0 bridgehead atoms. The van der Waals surface area contributed by atoms with Crippen molar-refractivity contribution in [3.63, 3.8) is 0 Å². The zero-order valence-corrected chi connectivity index (χ0v) is 12.4. The van der Waals surface area contributed by atoms with Gasteiger partial charge >= 0.3 is 0 Å². The Hall–Kier alpha value is -2.89. The maximum absolute atomic E-state index is 12.2. The molecular formula is C16H16N4O2. The van der Waals surface area contributed by atoms with E-state index in [4.69, 9.17) is 4.52 Å². The van der Waals surface area contributed by atoms with Crippen molar-refractivity contribution in [1.82, 2.24) is 14.9 Å². The van der Waals surface area contributed by atoms with Crippen LogP contribution < -0.4 is 5.32 Å². The number of rotatable bonds is 4. The molecule has 0 aliphatic rings. The molecule has 0 spiro atoms. The SMILES string of the molecule is Cc1noc(C)c1C(=O)Nc1cnn(Cc2ccccc2)c1. The first-order valence-electron chi connectivity index (χ1n) is 6.94. The van der Waals surface area contributed by atoms with E-state index in [9.17, 15) is 4.79 Å². The first-order chi connectivity index (χ1) is 10.6. The minimum Gasteiger partial charge on any atom is -0.361 e. The topological polar surface area (TPSA) is 73.0 Å². The molecule has 112 valence electrons. The van der Waals surface area contributed by atoms with Crippen LogP contribution in [0.25, 0.3) is 0 Å². The van der Waals surface area contributed by atoms with Crippen molar-refractivity contribution in [2.45, 2.75) is 20.4 Å².